The zero-order chi connectivity index (χ0) is 18.1. The van der Waals surface area contributed by atoms with Crippen molar-refractivity contribution in [1.82, 2.24) is 14.8 Å². The number of nitrogens with one attached hydrogen (secondary N) is 1. The number of aromatic amines is 1. The Kier molecular flexibility index (Phi) is 5.35. The standard InChI is InChI=1S/C22H33N3O/c1-16-7-8-21-20(13-16)17(2)22(23-21)15-24-10-11-25(18-5-3-4-6-18)19(14-24)9-12-26/h7-8,13,18-19,23,26H,3-6,9-12,14-15H2,1-2H3/t19-/m1/s1. The zero-order valence-corrected chi connectivity index (χ0v) is 16.3. The van der Waals surface area contributed by atoms with Crippen LogP contribution in [0, 0.1) is 13.8 Å². The molecule has 142 valence electrons. The maximum atomic E-state index is 9.57. The number of rotatable bonds is 5. The van der Waals surface area contributed by atoms with Crippen LogP contribution in [-0.4, -0.2) is 58.2 Å². The fraction of sp³-hybridized carbons (Fsp3) is 0.636. The monoisotopic (exact) mass is 355 g/mol. The normalized spacial score (nSPS) is 23.3. The average molecular weight is 356 g/mol. The van der Waals surface area contributed by atoms with Crippen LogP contribution in [0.1, 0.15) is 48.9 Å². The van der Waals surface area contributed by atoms with Gasteiger partial charge in [-0.3, -0.25) is 9.80 Å². The van der Waals surface area contributed by atoms with Gasteiger partial charge < -0.3 is 10.1 Å². The molecule has 1 saturated heterocycles. The number of hydrogen-bond acceptors (Lipinski definition) is 3. The maximum Gasteiger partial charge on any atom is 0.0459 e. The highest BCUT2D eigenvalue weighted by molar-refractivity contribution is 5.85. The molecule has 2 N–H and O–H groups in total. The van der Waals surface area contributed by atoms with Crippen molar-refractivity contribution in [2.45, 2.75) is 64.6 Å². The molecule has 0 radical (unpaired) electrons. The molecule has 26 heavy (non-hydrogen) atoms. The molecular weight excluding hydrogens is 322 g/mol. The first-order chi connectivity index (χ1) is 12.7. The van der Waals surface area contributed by atoms with Crippen LogP contribution in [0.15, 0.2) is 18.2 Å². The number of benzene rings is 1. The van der Waals surface area contributed by atoms with Gasteiger partial charge in [0.05, 0.1) is 0 Å². The molecule has 1 atom stereocenters. The smallest absolute Gasteiger partial charge is 0.0459 e. The van der Waals surface area contributed by atoms with Gasteiger partial charge in [-0.05, 0) is 50.8 Å². The van der Waals surface area contributed by atoms with E-state index in [1.807, 2.05) is 0 Å². The lowest BCUT2D eigenvalue weighted by Crippen LogP contribution is -2.56. The first kappa shape index (κ1) is 18.0. The summed E-state index contributed by atoms with van der Waals surface area (Å²) in [5.74, 6) is 0. The highest BCUT2D eigenvalue weighted by Gasteiger charge is 2.33. The Bertz CT molecular complexity index is 747. The fourth-order valence-electron chi connectivity index (χ4n) is 5.08. The molecule has 1 aliphatic carbocycles. The summed E-state index contributed by atoms with van der Waals surface area (Å²) in [6, 6.07) is 7.93. The minimum absolute atomic E-state index is 0.298. The van der Waals surface area contributed by atoms with E-state index in [4.69, 9.17) is 0 Å². The van der Waals surface area contributed by atoms with E-state index in [2.05, 4.69) is 46.8 Å². The van der Waals surface area contributed by atoms with Gasteiger partial charge in [-0.1, -0.05) is 24.5 Å². The Morgan fingerprint density at radius 3 is 2.73 bits per heavy atom. The summed E-state index contributed by atoms with van der Waals surface area (Å²) in [6.07, 6.45) is 6.36. The van der Waals surface area contributed by atoms with Crippen molar-refractivity contribution in [3.05, 3.63) is 35.0 Å². The van der Waals surface area contributed by atoms with Crippen molar-refractivity contribution >= 4 is 10.9 Å². The number of H-pyrrole nitrogens is 1. The summed E-state index contributed by atoms with van der Waals surface area (Å²) in [4.78, 5) is 8.94. The molecule has 4 nitrogen and oxygen atoms in total. The van der Waals surface area contributed by atoms with E-state index in [-0.39, 0.29) is 0 Å². The summed E-state index contributed by atoms with van der Waals surface area (Å²) in [5, 5.41) is 10.9. The number of hydrogen-bond donors (Lipinski definition) is 2. The van der Waals surface area contributed by atoms with Gasteiger partial charge in [0.1, 0.15) is 0 Å². The zero-order valence-electron chi connectivity index (χ0n) is 16.3. The Morgan fingerprint density at radius 2 is 1.96 bits per heavy atom. The van der Waals surface area contributed by atoms with E-state index >= 15 is 0 Å². The van der Waals surface area contributed by atoms with Gasteiger partial charge >= 0.3 is 0 Å². The second-order valence-electron chi connectivity index (χ2n) is 8.35. The lowest BCUT2D eigenvalue weighted by atomic mass is 10.0. The third-order valence-electron chi connectivity index (χ3n) is 6.57. The second-order valence-corrected chi connectivity index (χ2v) is 8.35. The van der Waals surface area contributed by atoms with E-state index < -0.39 is 0 Å². The Morgan fingerprint density at radius 1 is 1.15 bits per heavy atom. The van der Waals surface area contributed by atoms with E-state index in [0.717, 1.165) is 38.6 Å². The largest absolute Gasteiger partial charge is 0.396 e. The van der Waals surface area contributed by atoms with E-state index in [9.17, 15) is 5.11 Å². The molecule has 1 aromatic carbocycles. The maximum absolute atomic E-state index is 9.57. The van der Waals surface area contributed by atoms with Crippen molar-refractivity contribution < 1.29 is 5.11 Å². The molecule has 0 unspecified atom stereocenters. The minimum atomic E-state index is 0.298. The Labute approximate surface area is 157 Å². The van der Waals surface area contributed by atoms with Crippen LogP contribution in [-0.2, 0) is 6.54 Å². The molecule has 2 aromatic rings. The van der Waals surface area contributed by atoms with Crippen molar-refractivity contribution in [2.24, 2.45) is 0 Å². The lowest BCUT2D eigenvalue weighted by molar-refractivity contribution is 0.0263. The highest BCUT2D eigenvalue weighted by Crippen LogP contribution is 2.29. The van der Waals surface area contributed by atoms with E-state index in [0.29, 0.717) is 12.6 Å². The molecule has 2 heterocycles. The molecular formula is C22H33N3O. The third kappa shape index (κ3) is 3.55. The van der Waals surface area contributed by atoms with Crippen molar-refractivity contribution in [2.75, 3.05) is 26.2 Å². The van der Waals surface area contributed by atoms with Crippen molar-refractivity contribution in [1.29, 1.82) is 0 Å². The number of aliphatic hydroxyl groups is 1. The number of fused-ring (bicyclic) bond motifs is 1. The van der Waals surface area contributed by atoms with Crippen LogP contribution in [0.25, 0.3) is 10.9 Å². The first-order valence-electron chi connectivity index (χ1n) is 10.3. The van der Waals surface area contributed by atoms with Crippen molar-refractivity contribution in [3.8, 4) is 0 Å². The quantitative estimate of drug-likeness (QED) is 0.861. The molecule has 2 aliphatic rings. The molecule has 4 rings (SSSR count). The molecule has 1 saturated carbocycles. The van der Waals surface area contributed by atoms with Gasteiger partial charge in [-0.2, -0.15) is 0 Å². The third-order valence-corrected chi connectivity index (χ3v) is 6.57. The molecule has 0 spiro atoms. The van der Waals surface area contributed by atoms with Crippen LogP contribution in [0.2, 0.25) is 0 Å². The molecule has 1 aliphatic heterocycles. The minimum Gasteiger partial charge on any atom is -0.396 e. The summed E-state index contributed by atoms with van der Waals surface area (Å²) >= 11 is 0. The number of piperazine rings is 1. The summed E-state index contributed by atoms with van der Waals surface area (Å²) in [7, 11) is 0. The lowest BCUT2D eigenvalue weighted by Gasteiger charge is -2.44. The van der Waals surface area contributed by atoms with Crippen LogP contribution >= 0.6 is 0 Å². The van der Waals surface area contributed by atoms with Gasteiger partial charge in [0.2, 0.25) is 0 Å². The molecule has 0 bridgehead atoms. The number of aliphatic hydroxyl groups excluding tert-OH is 1. The van der Waals surface area contributed by atoms with E-state index in [1.54, 1.807) is 0 Å². The van der Waals surface area contributed by atoms with E-state index in [1.165, 1.54) is 53.4 Å². The van der Waals surface area contributed by atoms with Gasteiger partial charge in [-0.25, -0.2) is 0 Å². The molecule has 0 amide bonds. The number of nitrogens with zero attached hydrogens (tertiary/aromatic N) is 2. The fourth-order valence-corrected chi connectivity index (χ4v) is 5.08. The Hall–Kier alpha value is -1.36. The summed E-state index contributed by atoms with van der Waals surface area (Å²) < 4.78 is 0. The van der Waals surface area contributed by atoms with Crippen molar-refractivity contribution in [3.63, 3.8) is 0 Å². The number of aryl methyl sites for hydroxylation is 2. The van der Waals surface area contributed by atoms with Gasteiger partial charge in [0.25, 0.3) is 0 Å². The SMILES string of the molecule is Cc1ccc2[nH]c(CN3CCN(C4CCCC4)[C@H](CCO)C3)c(C)c2c1. The number of aromatic nitrogens is 1. The summed E-state index contributed by atoms with van der Waals surface area (Å²) in [5.41, 5.74) is 5.31. The predicted octanol–water partition coefficient (Wildman–Crippen LogP) is 3.60. The predicted molar refractivity (Wildman–Crippen MR) is 108 cm³/mol. The van der Waals surface area contributed by atoms with Gasteiger partial charge in [0.15, 0.2) is 0 Å². The summed E-state index contributed by atoms with van der Waals surface area (Å²) in [6.45, 7) is 9.04. The average Bonchev–Trinajstić information content (AvgIpc) is 3.26. The second kappa shape index (κ2) is 7.71. The highest BCUT2D eigenvalue weighted by atomic mass is 16.3. The molecule has 1 aromatic heterocycles. The van der Waals surface area contributed by atoms with Gasteiger partial charge in [-0.15, -0.1) is 0 Å². The topological polar surface area (TPSA) is 42.5 Å². The van der Waals surface area contributed by atoms with Crippen LogP contribution in [0.5, 0.6) is 0 Å². The molecule has 2 fully saturated rings. The van der Waals surface area contributed by atoms with Crippen LogP contribution in [0.3, 0.4) is 0 Å². The van der Waals surface area contributed by atoms with Crippen LogP contribution in [0.4, 0.5) is 0 Å². The Balaban J connectivity index is 1.48. The van der Waals surface area contributed by atoms with Crippen LogP contribution < -0.4 is 0 Å². The first-order valence-corrected chi connectivity index (χ1v) is 10.3. The van der Waals surface area contributed by atoms with Gasteiger partial charge in [0, 0.05) is 61.5 Å². The molecule has 4 heteroatoms.